The van der Waals surface area contributed by atoms with Gasteiger partial charge in [-0.25, -0.2) is 4.79 Å². The van der Waals surface area contributed by atoms with Gasteiger partial charge in [-0.15, -0.1) is 0 Å². The summed E-state index contributed by atoms with van der Waals surface area (Å²) in [5, 5.41) is 17.6. The minimum absolute atomic E-state index is 0.0400. The van der Waals surface area contributed by atoms with Crippen LogP contribution in [0.4, 0.5) is 0 Å². The fourth-order valence-electron chi connectivity index (χ4n) is 4.30. The van der Waals surface area contributed by atoms with Crippen LogP contribution in [0.25, 0.3) is 0 Å². The summed E-state index contributed by atoms with van der Waals surface area (Å²) in [6, 6.07) is 21.8. The number of hydrogen-bond acceptors (Lipinski definition) is 6. The maximum Gasteiger partial charge on any atom is 0.326 e. The van der Waals surface area contributed by atoms with Crippen LogP contribution >= 0.6 is 0 Å². The molecule has 4 atom stereocenters. The lowest BCUT2D eigenvalue weighted by Crippen LogP contribution is -2.58. The van der Waals surface area contributed by atoms with E-state index in [1.54, 1.807) is 91.0 Å². The molecule has 0 aromatic heterocycles. The van der Waals surface area contributed by atoms with E-state index >= 15 is 0 Å². The van der Waals surface area contributed by atoms with E-state index in [1.807, 2.05) is 0 Å². The van der Waals surface area contributed by atoms with Gasteiger partial charge in [0.1, 0.15) is 18.1 Å². The first kappa shape index (κ1) is 31.5. The maximum absolute atomic E-state index is 13.6. The summed E-state index contributed by atoms with van der Waals surface area (Å²) >= 11 is 0. The first-order valence-electron chi connectivity index (χ1n) is 13.4. The number of carbonyl (C=O) groups excluding carboxylic acids is 4. The molecular formula is C31H35N5O6. The number of amides is 4. The molecule has 0 heterocycles. The molecule has 0 aliphatic carbocycles. The average Bonchev–Trinajstić information content (AvgIpc) is 2.97. The molecule has 3 aromatic carbocycles. The number of aliphatic carboxylic acids is 1. The summed E-state index contributed by atoms with van der Waals surface area (Å²) in [7, 11) is 0. The normalized spacial score (nSPS) is 13.5. The molecule has 3 aromatic rings. The van der Waals surface area contributed by atoms with Gasteiger partial charge in [-0.3, -0.25) is 19.2 Å². The number of carboxylic acids is 1. The molecular weight excluding hydrogens is 538 g/mol. The lowest BCUT2D eigenvalue weighted by atomic mass is 10.0. The average molecular weight is 574 g/mol. The van der Waals surface area contributed by atoms with E-state index in [2.05, 4.69) is 16.0 Å². The van der Waals surface area contributed by atoms with Gasteiger partial charge in [0.05, 0.1) is 12.5 Å². The zero-order chi connectivity index (χ0) is 30.5. The summed E-state index contributed by atoms with van der Waals surface area (Å²) in [6.45, 7) is 0. The second-order valence-corrected chi connectivity index (χ2v) is 9.87. The Bertz CT molecular complexity index is 1350. The third-order valence-electron chi connectivity index (χ3n) is 6.49. The minimum atomic E-state index is -1.27. The van der Waals surface area contributed by atoms with Crippen molar-refractivity contribution in [2.45, 2.75) is 49.9 Å². The van der Waals surface area contributed by atoms with Gasteiger partial charge in [0.15, 0.2) is 0 Å². The molecule has 0 fully saturated rings. The maximum atomic E-state index is 13.6. The van der Waals surface area contributed by atoms with E-state index in [0.717, 1.165) is 11.1 Å². The van der Waals surface area contributed by atoms with Crippen molar-refractivity contribution in [1.82, 2.24) is 16.0 Å². The molecule has 0 saturated carbocycles. The van der Waals surface area contributed by atoms with Gasteiger partial charge < -0.3 is 32.5 Å². The third-order valence-corrected chi connectivity index (χ3v) is 6.49. The molecule has 3 rings (SSSR count). The summed E-state index contributed by atoms with van der Waals surface area (Å²) in [5.41, 5.74) is 13.1. The van der Waals surface area contributed by atoms with E-state index in [0.29, 0.717) is 5.56 Å². The summed E-state index contributed by atoms with van der Waals surface area (Å²) in [4.78, 5) is 63.1. The SMILES string of the molecule is NC(=O)CC(N)C(=O)NC(Cc1ccccc1)C(=O)NC(Cc1ccccc1)C(=O)NC(Cc1ccccc1)C(=O)O. The number of benzene rings is 3. The highest BCUT2D eigenvalue weighted by Crippen LogP contribution is 2.09. The van der Waals surface area contributed by atoms with Crippen molar-refractivity contribution < 1.29 is 29.1 Å². The highest BCUT2D eigenvalue weighted by molar-refractivity contribution is 5.95. The van der Waals surface area contributed by atoms with Gasteiger partial charge in [0.2, 0.25) is 23.6 Å². The topological polar surface area (TPSA) is 194 Å². The molecule has 0 radical (unpaired) electrons. The Morgan fingerprint density at radius 1 is 0.571 bits per heavy atom. The third kappa shape index (κ3) is 10.2. The van der Waals surface area contributed by atoms with Gasteiger partial charge in [0, 0.05) is 19.3 Å². The quantitative estimate of drug-likeness (QED) is 0.152. The number of carbonyl (C=O) groups is 5. The largest absolute Gasteiger partial charge is 0.480 e. The van der Waals surface area contributed by atoms with Crippen LogP contribution < -0.4 is 27.4 Å². The van der Waals surface area contributed by atoms with Crippen LogP contribution in [-0.4, -0.2) is 58.9 Å². The summed E-state index contributed by atoms with van der Waals surface area (Å²) < 4.78 is 0. The van der Waals surface area contributed by atoms with Crippen LogP contribution in [0.5, 0.6) is 0 Å². The van der Waals surface area contributed by atoms with Crippen LogP contribution in [0.15, 0.2) is 91.0 Å². The van der Waals surface area contributed by atoms with Crippen molar-refractivity contribution >= 4 is 29.6 Å². The smallest absolute Gasteiger partial charge is 0.326 e. The molecule has 0 spiro atoms. The van der Waals surface area contributed by atoms with Crippen LogP contribution in [-0.2, 0) is 43.2 Å². The number of nitrogens with two attached hydrogens (primary N) is 2. The second kappa shape index (κ2) is 15.7. The molecule has 11 heteroatoms. The van der Waals surface area contributed by atoms with E-state index in [1.165, 1.54) is 0 Å². The molecule has 220 valence electrons. The number of carboxylic acid groups (broad SMARTS) is 1. The predicted molar refractivity (Wildman–Crippen MR) is 156 cm³/mol. The van der Waals surface area contributed by atoms with Crippen LogP contribution in [0.1, 0.15) is 23.1 Å². The zero-order valence-corrected chi connectivity index (χ0v) is 22.9. The molecule has 42 heavy (non-hydrogen) atoms. The van der Waals surface area contributed by atoms with Crippen LogP contribution in [0, 0.1) is 0 Å². The van der Waals surface area contributed by atoms with E-state index < -0.39 is 60.2 Å². The standard InChI is InChI=1S/C31H35N5O6/c32-23(19-27(33)37)28(38)34-24(16-20-10-4-1-5-11-20)29(39)35-25(17-21-12-6-2-7-13-21)30(40)36-26(31(41)42)18-22-14-8-3-9-15-22/h1-15,23-26H,16-19,32H2,(H2,33,37)(H,34,38)(H,35,39)(H,36,40)(H,41,42). The summed E-state index contributed by atoms with van der Waals surface area (Å²) in [6.07, 6.45) is -0.253. The van der Waals surface area contributed by atoms with Gasteiger partial charge in [-0.05, 0) is 16.7 Å². The van der Waals surface area contributed by atoms with E-state index in [4.69, 9.17) is 11.5 Å². The second-order valence-electron chi connectivity index (χ2n) is 9.87. The van der Waals surface area contributed by atoms with Crippen molar-refractivity contribution in [3.8, 4) is 0 Å². The van der Waals surface area contributed by atoms with Crippen molar-refractivity contribution in [3.05, 3.63) is 108 Å². The molecule has 0 bridgehead atoms. The highest BCUT2D eigenvalue weighted by atomic mass is 16.4. The molecule has 11 nitrogen and oxygen atoms in total. The van der Waals surface area contributed by atoms with Crippen LogP contribution in [0.3, 0.4) is 0 Å². The lowest BCUT2D eigenvalue weighted by molar-refractivity contribution is -0.142. The number of rotatable bonds is 15. The monoisotopic (exact) mass is 573 g/mol. The highest BCUT2D eigenvalue weighted by Gasteiger charge is 2.31. The Labute approximate surface area is 243 Å². The van der Waals surface area contributed by atoms with Gasteiger partial charge >= 0.3 is 5.97 Å². The van der Waals surface area contributed by atoms with Crippen molar-refractivity contribution in [3.63, 3.8) is 0 Å². The Morgan fingerprint density at radius 2 is 0.905 bits per heavy atom. The van der Waals surface area contributed by atoms with Crippen molar-refractivity contribution in [2.24, 2.45) is 11.5 Å². The first-order valence-corrected chi connectivity index (χ1v) is 13.4. The fraction of sp³-hybridized carbons (Fsp3) is 0.258. The fourth-order valence-corrected chi connectivity index (χ4v) is 4.30. The van der Waals surface area contributed by atoms with Crippen LogP contribution in [0.2, 0.25) is 0 Å². The van der Waals surface area contributed by atoms with Gasteiger partial charge in [-0.1, -0.05) is 91.0 Å². The number of primary amides is 1. The van der Waals surface area contributed by atoms with E-state index in [9.17, 15) is 29.1 Å². The van der Waals surface area contributed by atoms with Gasteiger partial charge in [0.25, 0.3) is 0 Å². The molecule has 8 N–H and O–H groups in total. The predicted octanol–water partition coefficient (Wildman–Crippen LogP) is 0.456. The molecule has 0 saturated heterocycles. The lowest BCUT2D eigenvalue weighted by Gasteiger charge is -2.25. The molecule has 4 amide bonds. The van der Waals surface area contributed by atoms with Crippen molar-refractivity contribution in [2.75, 3.05) is 0 Å². The van der Waals surface area contributed by atoms with Crippen molar-refractivity contribution in [1.29, 1.82) is 0 Å². The Hall–Kier alpha value is -5.03. The molecule has 0 aliphatic rings. The molecule has 0 aliphatic heterocycles. The Kier molecular flexibility index (Phi) is 11.8. The zero-order valence-electron chi connectivity index (χ0n) is 22.9. The number of nitrogens with one attached hydrogen (secondary N) is 3. The molecule has 4 unspecified atom stereocenters. The van der Waals surface area contributed by atoms with E-state index in [-0.39, 0.29) is 19.3 Å². The number of hydrogen-bond donors (Lipinski definition) is 6. The van der Waals surface area contributed by atoms with Gasteiger partial charge in [-0.2, -0.15) is 0 Å². The Morgan fingerprint density at radius 3 is 1.26 bits per heavy atom. The summed E-state index contributed by atoms with van der Waals surface area (Å²) in [5.74, 6) is -4.16. The minimum Gasteiger partial charge on any atom is -0.480 e. The first-order chi connectivity index (χ1) is 20.1. The Balaban J connectivity index is 1.83.